The van der Waals surface area contributed by atoms with Crippen LogP contribution in [0, 0.1) is 12.7 Å². The van der Waals surface area contributed by atoms with E-state index < -0.39 is 65.2 Å². The third-order valence-electron chi connectivity index (χ3n) is 16.6. The van der Waals surface area contributed by atoms with Crippen LogP contribution in [0.1, 0.15) is 134 Å². The van der Waals surface area contributed by atoms with E-state index in [9.17, 15) is 60.7 Å². The third-order valence-corrected chi connectivity index (χ3v) is 20.3. The minimum Gasteiger partial charge on any atom is -0.488 e. The van der Waals surface area contributed by atoms with Gasteiger partial charge in [-0.3, -0.25) is 47.8 Å². The molecule has 10 heterocycles. The fraction of sp³-hybridized carbons (Fsp3) is 0.161. The summed E-state index contributed by atoms with van der Waals surface area (Å²) in [4.78, 5) is 116. The summed E-state index contributed by atoms with van der Waals surface area (Å²) < 4.78 is 90.3. The Balaban J connectivity index is 0.000000181. The van der Waals surface area contributed by atoms with Gasteiger partial charge in [-0.05, 0) is 236 Å². The van der Waals surface area contributed by atoms with Crippen LogP contribution in [0.3, 0.4) is 0 Å². The van der Waals surface area contributed by atoms with E-state index >= 15 is 0 Å². The van der Waals surface area contributed by atoms with Crippen molar-refractivity contribution >= 4 is 222 Å². The number of Topliss-reactive ketones (excluding diaryl/α,β-unsaturated/α-hetero) is 1. The van der Waals surface area contributed by atoms with Crippen molar-refractivity contribution in [1.29, 1.82) is 0 Å². The van der Waals surface area contributed by atoms with E-state index in [2.05, 4.69) is 35.0 Å². The molecule has 3 aliphatic rings. The summed E-state index contributed by atoms with van der Waals surface area (Å²) >= 11 is 72.2. The molecule has 0 atom stereocenters. The number of furan rings is 1. The van der Waals surface area contributed by atoms with Crippen LogP contribution in [-0.2, 0) is 32.6 Å². The van der Waals surface area contributed by atoms with E-state index in [1.54, 1.807) is 70.7 Å². The highest BCUT2D eigenvalue weighted by Gasteiger charge is 2.40. The first kappa shape index (κ1) is 105. The van der Waals surface area contributed by atoms with E-state index in [4.69, 9.17) is 183 Å². The highest BCUT2D eigenvalue weighted by molar-refractivity contribution is 7.13. The maximum atomic E-state index is 13.0. The molecule has 0 bridgehead atoms. The summed E-state index contributed by atoms with van der Waals surface area (Å²) in [5, 5.41) is 7.23. The second-order valence-corrected chi connectivity index (χ2v) is 32.7. The Bertz CT molecular complexity index is 6170. The number of thiazole rings is 1. The quantitative estimate of drug-likeness (QED) is 0.0398. The Morgan fingerprint density at radius 1 is 0.562 bits per heavy atom. The first-order valence-electron chi connectivity index (χ1n) is 36.9. The lowest BCUT2D eigenvalue weighted by Gasteiger charge is -2.27. The predicted octanol–water partition coefficient (Wildman–Crippen LogP) is 25.1. The van der Waals surface area contributed by atoms with Crippen LogP contribution >= 0.6 is 162 Å². The fourth-order valence-corrected chi connectivity index (χ4v) is 13.7. The fourth-order valence-electron chi connectivity index (χ4n) is 10.9. The molecule has 7 aromatic heterocycles. The molecule has 0 aliphatic carbocycles. The number of oxazole rings is 1. The van der Waals surface area contributed by atoms with Gasteiger partial charge in [0.2, 0.25) is 0 Å². The molecule has 25 nitrogen and oxygen atoms in total. The molecular weight excluding hydrogens is 2000 g/mol. The number of anilines is 1. The van der Waals surface area contributed by atoms with E-state index in [1.807, 2.05) is 88.4 Å². The second-order valence-electron chi connectivity index (χ2n) is 27.0. The van der Waals surface area contributed by atoms with Gasteiger partial charge in [-0.1, -0.05) is 119 Å². The summed E-state index contributed by atoms with van der Waals surface area (Å²) in [7, 11) is 0. The topological polar surface area (TPSA) is 316 Å². The lowest BCUT2D eigenvalue weighted by Crippen LogP contribution is -2.36. The average Bonchev–Trinajstić information content (AvgIpc) is 1.62. The monoisotopic (exact) mass is 2050 g/mol. The highest BCUT2D eigenvalue weighted by Crippen LogP contribution is 2.37. The zero-order valence-corrected chi connectivity index (χ0v) is 78.2. The maximum Gasteiger partial charge on any atom is 0.434 e. The van der Waals surface area contributed by atoms with Crippen LogP contribution in [0.25, 0.3) is 33.7 Å². The van der Waals surface area contributed by atoms with Crippen molar-refractivity contribution in [2.45, 2.75) is 52.9 Å². The molecule has 0 saturated carbocycles. The summed E-state index contributed by atoms with van der Waals surface area (Å²) in [5.74, 6) is 2.34. The van der Waals surface area contributed by atoms with Gasteiger partial charge < -0.3 is 37.4 Å². The number of alkyl halides is 3. The zero-order chi connectivity index (χ0) is 95.3. The zero-order valence-electron chi connectivity index (χ0n) is 67.5. The van der Waals surface area contributed by atoms with Gasteiger partial charge in [0, 0.05) is 103 Å². The molecule has 0 spiro atoms. The van der Waals surface area contributed by atoms with Gasteiger partial charge in [0.15, 0.2) is 41.9 Å². The number of aryl methyl sites for hydroxylation is 1. The number of hydrogen-bond acceptors (Lipinski definition) is 24. The molecule has 0 amide bonds. The van der Waals surface area contributed by atoms with E-state index in [-0.39, 0.29) is 65.1 Å². The summed E-state index contributed by atoms with van der Waals surface area (Å²) in [6.07, 6.45) is 1.86. The van der Waals surface area contributed by atoms with Crippen molar-refractivity contribution in [2.75, 3.05) is 44.6 Å². The van der Waals surface area contributed by atoms with Gasteiger partial charge in [-0.25, -0.2) is 29.0 Å². The van der Waals surface area contributed by atoms with Gasteiger partial charge in [0.1, 0.15) is 57.0 Å². The van der Waals surface area contributed by atoms with Crippen molar-refractivity contribution in [3.8, 4) is 50.8 Å². The molecule has 3 aliphatic heterocycles. The Morgan fingerprint density at radius 3 is 1.72 bits per heavy atom. The number of rotatable bonds is 15. The van der Waals surface area contributed by atoms with E-state index in [0.29, 0.717) is 75.7 Å². The minimum atomic E-state index is -4.75. The normalized spacial score (nSPS) is 12.1. The molecule has 678 valence electrons. The molecule has 130 heavy (non-hydrogen) atoms. The lowest BCUT2D eigenvalue weighted by atomic mass is 10.1. The molecule has 1 saturated heterocycles. The SMILES string of the molecule is CC(=O)c1csc(-c2ccccc2)n1.Cc1cc(C(=O)Cl)nn1C(C)(C)C.O=C(Cl)C1=Cc2cc(Cl)ccc2OC1.O=C(Cl)c1cc(F)cc2c1OCOC2.O=C(Cl)c1ccc(N2CCOCC2)nc1.O=C(Cl)c1ccc(Oc2cc(Cl)cc(Cl)c2)o1.O=C(Cl)c1ccnc(Cl)c1.O=C(Cl)c1cnn(-c2ccc(Cl)cc2)c1C(F)(F)F.O=C(Cl)c1ncoc1-c1ccccc1. The van der Waals surface area contributed by atoms with Crippen LogP contribution < -0.4 is 19.1 Å². The number of benzene rings is 6. The van der Waals surface area contributed by atoms with Crippen molar-refractivity contribution in [1.82, 2.24) is 39.5 Å². The predicted molar refractivity (Wildman–Crippen MR) is 491 cm³/mol. The van der Waals surface area contributed by atoms with Crippen LogP contribution in [0.5, 0.6) is 23.2 Å². The van der Waals surface area contributed by atoms with Crippen molar-refractivity contribution in [2.24, 2.45) is 0 Å². The number of ketones is 1. The molecule has 6 aromatic carbocycles. The number of nitrogens with zero attached hydrogens (tertiary/aromatic N) is 9. The number of carbonyl (C=O) groups excluding carboxylic acids is 9. The molecule has 16 rings (SSSR count). The number of carbonyl (C=O) groups is 9. The number of fused-ring (bicyclic) bond motifs is 2. The smallest absolute Gasteiger partial charge is 0.434 e. The number of morpholine rings is 1. The Morgan fingerprint density at radius 2 is 1.20 bits per heavy atom. The van der Waals surface area contributed by atoms with Crippen molar-refractivity contribution in [3.05, 3.63) is 311 Å². The summed E-state index contributed by atoms with van der Waals surface area (Å²) in [5.41, 5.74) is 4.47. The number of halogens is 17. The molecule has 1 fully saturated rings. The largest absolute Gasteiger partial charge is 0.488 e. The van der Waals surface area contributed by atoms with Gasteiger partial charge in [-0.2, -0.15) is 23.4 Å². The van der Waals surface area contributed by atoms with Gasteiger partial charge >= 0.3 is 6.18 Å². The Hall–Kier alpha value is -10.5. The van der Waals surface area contributed by atoms with Gasteiger partial charge in [0.25, 0.3) is 47.9 Å². The van der Waals surface area contributed by atoms with Crippen LogP contribution in [-0.4, -0.2) is 127 Å². The van der Waals surface area contributed by atoms with E-state index in [1.165, 1.54) is 91.6 Å². The summed E-state index contributed by atoms with van der Waals surface area (Å²) in [6.45, 7) is 13.1. The van der Waals surface area contributed by atoms with E-state index in [0.717, 1.165) is 77.5 Å². The van der Waals surface area contributed by atoms with Gasteiger partial charge in [-0.15, -0.1) is 11.3 Å². The molecular formula is C87H64Cl13F4N9O16S. The standard InChI is InChI=1S/C11H5Cl3O3.C11H5Cl2F3N2O.C11H9NOS.C10H6Cl2O2.C10H11ClN2O2.C10H6ClNO2.C9H6ClFO3.C9H13ClN2O.C6H3Cl2NO/c12-6-3-7(13)5-8(4-6)16-10-2-1-9(17-10)11(14)15;12-6-1-3-7(4-2-6)18-9(11(14,15)16)8(5-17-18)10(13)19;1-8(13)10-7-14-11(12-10)9-5-3-2-4-6-9;11-8-1-2-9-6(4-8)3-7(5-14-9)10(12)13;11-10(14)8-1-2-9(12-7-8)13-3-5-15-6-4-13;11-10(13)8-9(14-6-12-8)7-4-2-1-3-5-7;10-9(12)7-2-6(11)1-5-3-13-4-14-8(5)7;1-6-5-7(8(10)13)11-12(6)9(2,3)4;7-5-3-4(6(8)10)1-2-9-5/h1-5H;1-5H;2-7H,1H3;1-4H,5H2;1-2,7H,3-6H2;1-6H;1-2H,3-4H2;5H,1-4H3;1-3H. The highest BCUT2D eigenvalue weighted by atomic mass is 35.5. The first-order chi connectivity index (χ1) is 61.5. The Kier molecular flexibility index (Phi) is 40.5. The first-order valence-corrected chi connectivity index (χ1v) is 42.7. The number of aromatic nitrogens is 8. The number of hydrogen-bond donors (Lipinski definition) is 0. The van der Waals surface area contributed by atoms with Gasteiger partial charge in [0.05, 0.1) is 53.9 Å². The van der Waals surface area contributed by atoms with Crippen molar-refractivity contribution in [3.63, 3.8) is 0 Å². The van der Waals surface area contributed by atoms with Crippen LogP contribution in [0.4, 0.5) is 23.4 Å². The third kappa shape index (κ3) is 32.5. The Labute approximate surface area is 806 Å². The molecule has 0 unspecified atom stereocenters. The lowest BCUT2D eigenvalue weighted by molar-refractivity contribution is -0.143. The van der Waals surface area contributed by atoms with Crippen molar-refractivity contribution < 1.29 is 93.2 Å². The maximum absolute atomic E-state index is 13.0. The number of pyridine rings is 2. The second kappa shape index (κ2) is 50.2. The molecule has 43 heteroatoms. The summed E-state index contributed by atoms with van der Waals surface area (Å²) in [6, 6.07) is 47.9. The molecule has 13 aromatic rings. The molecule has 0 radical (unpaired) electrons. The van der Waals surface area contributed by atoms with Crippen LogP contribution in [0.15, 0.2) is 221 Å². The van der Waals surface area contributed by atoms with Crippen LogP contribution in [0.2, 0.25) is 25.2 Å². The average molecular weight is 2060 g/mol. The number of ether oxygens (including phenoxy) is 5. The molecule has 0 N–H and O–H groups in total. The minimum absolute atomic E-state index is 0.00907.